The number of benzene rings is 1. The van der Waals surface area contributed by atoms with E-state index < -0.39 is 7.82 Å². The van der Waals surface area contributed by atoms with Crippen LogP contribution in [0.3, 0.4) is 0 Å². The Labute approximate surface area is 154 Å². The van der Waals surface area contributed by atoms with Gasteiger partial charge in [0.15, 0.2) is 5.75 Å². The van der Waals surface area contributed by atoms with Crippen molar-refractivity contribution in [2.24, 2.45) is 0 Å². The van der Waals surface area contributed by atoms with Gasteiger partial charge in [-0.15, -0.1) is 0 Å². The third kappa shape index (κ3) is 3.79. The van der Waals surface area contributed by atoms with Gasteiger partial charge in [0.25, 0.3) is 0 Å². The quantitative estimate of drug-likeness (QED) is 0.523. The average molecular weight is 367 g/mol. The minimum absolute atomic E-state index is 0. The standard InChI is InChI=1S/C8H6BrClNO4P.K.H/c9-4-1-2-5-7(8(4)10)6(3-11-5)15-16(12,13)14;;/h1-3,11H,(H2,12,13,14);;/q;+1;-1. The van der Waals surface area contributed by atoms with E-state index in [4.69, 9.17) is 21.4 Å². The van der Waals surface area contributed by atoms with E-state index in [2.05, 4.69) is 25.4 Å². The predicted octanol–water partition coefficient (Wildman–Crippen LogP) is 0.172. The van der Waals surface area contributed by atoms with E-state index in [9.17, 15) is 4.57 Å². The van der Waals surface area contributed by atoms with Gasteiger partial charge in [-0.2, -0.15) is 0 Å². The van der Waals surface area contributed by atoms with E-state index in [0.717, 1.165) is 0 Å². The van der Waals surface area contributed by atoms with Crippen LogP contribution in [0.1, 0.15) is 1.43 Å². The fourth-order valence-corrected chi connectivity index (χ4v) is 2.32. The molecule has 5 nitrogen and oxygen atoms in total. The smallest absolute Gasteiger partial charge is 1.00 e. The molecule has 0 atom stereocenters. The summed E-state index contributed by atoms with van der Waals surface area (Å²) in [7, 11) is -4.59. The molecule has 9 heteroatoms. The van der Waals surface area contributed by atoms with Crippen molar-refractivity contribution in [3.8, 4) is 5.75 Å². The molecule has 3 N–H and O–H groups in total. The third-order valence-electron chi connectivity index (χ3n) is 1.92. The summed E-state index contributed by atoms with van der Waals surface area (Å²) in [6.07, 6.45) is 1.35. The number of halogens is 2. The number of aromatic nitrogens is 1. The van der Waals surface area contributed by atoms with E-state index in [0.29, 0.717) is 20.4 Å². The molecule has 0 aliphatic rings. The van der Waals surface area contributed by atoms with Crippen molar-refractivity contribution in [3.63, 3.8) is 0 Å². The van der Waals surface area contributed by atoms with E-state index in [1.807, 2.05) is 0 Å². The fraction of sp³-hybridized carbons (Fsp3) is 0. The van der Waals surface area contributed by atoms with Crippen LogP contribution in [0.15, 0.2) is 22.8 Å². The van der Waals surface area contributed by atoms with Gasteiger partial charge >= 0.3 is 59.2 Å². The predicted molar refractivity (Wildman–Crippen MR) is 64.8 cm³/mol. The van der Waals surface area contributed by atoms with Gasteiger partial charge in [-0.25, -0.2) is 4.57 Å². The summed E-state index contributed by atoms with van der Waals surface area (Å²) in [6.45, 7) is 0. The monoisotopic (exact) mass is 365 g/mol. The SMILES string of the molecule is O=P(O)(O)Oc1c[nH]c2ccc(Br)c(Cl)c12.[H-].[K+]. The van der Waals surface area contributed by atoms with Crippen LogP contribution in [-0.2, 0) is 4.57 Å². The largest absolute Gasteiger partial charge is 1.00 e. The minimum atomic E-state index is -4.59. The first-order valence-electron chi connectivity index (χ1n) is 4.09. The average Bonchev–Trinajstić information content (AvgIpc) is 2.53. The van der Waals surface area contributed by atoms with E-state index in [1.165, 1.54) is 6.20 Å². The summed E-state index contributed by atoms with van der Waals surface area (Å²) in [5, 5.41) is 0.765. The number of H-pyrrole nitrogens is 1. The van der Waals surface area contributed by atoms with Crippen molar-refractivity contribution in [1.82, 2.24) is 4.98 Å². The van der Waals surface area contributed by atoms with Crippen molar-refractivity contribution < 1.29 is 71.7 Å². The summed E-state index contributed by atoms with van der Waals surface area (Å²) >= 11 is 9.22. The first-order chi connectivity index (χ1) is 7.38. The fourth-order valence-electron chi connectivity index (χ4n) is 1.33. The Kier molecular flexibility index (Phi) is 5.75. The number of rotatable bonds is 2. The molecule has 1 heterocycles. The Balaban J connectivity index is 0.00000144. The van der Waals surface area contributed by atoms with Gasteiger partial charge in [0.05, 0.1) is 15.9 Å². The molecule has 88 valence electrons. The number of hydrogen-bond acceptors (Lipinski definition) is 2. The molecule has 0 bridgehead atoms. The van der Waals surface area contributed by atoms with Crippen LogP contribution in [0.2, 0.25) is 5.02 Å². The van der Waals surface area contributed by atoms with Gasteiger partial charge in [-0.1, -0.05) is 11.6 Å². The molecule has 0 spiro atoms. The van der Waals surface area contributed by atoms with Gasteiger partial charge in [0.2, 0.25) is 0 Å². The van der Waals surface area contributed by atoms with Crippen LogP contribution in [0.25, 0.3) is 10.9 Å². The Bertz CT molecular complexity index is 604. The normalized spacial score (nSPS) is 11.3. The molecule has 1 aromatic carbocycles. The maximum atomic E-state index is 10.7. The Hall–Kier alpha value is 1.12. The third-order valence-corrected chi connectivity index (χ3v) is 3.63. The summed E-state index contributed by atoms with van der Waals surface area (Å²) in [5.41, 5.74) is 0.636. The first kappa shape index (κ1) is 16.2. The Morgan fingerprint density at radius 3 is 2.71 bits per heavy atom. The van der Waals surface area contributed by atoms with Crippen LogP contribution < -0.4 is 55.9 Å². The molecular weight excluding hydrogens is 360 g/mol. The first-order valence-corrected chi connectivity index (χ1v) is 6.79. The molecule has 0 fully saturated rings. The zero-order valence-electron chi connectivity index (χ0n) is 9.65. The molecule has 0 saturated carbocycles. The van der Waals surface area contributed by atoms with Crippen molar-refractivity contribution in [2.75, 3.05) is 0 Å². The van der Waals surface area contributed by atoms with E-state index in [-0.39, 0.29) is 58.6 Å². The van der Waals surface area contributed by atoms with Crippen molar-refractivity contribution in [2.45, 2.75) is 0 Å². The number of phosphoric acid groups is 1. The molecule has 0 amide bonds. The van der Waals surface area contributed by atoms with Crippen molar-refractivity contribution in [1.29, 1.82) is 0 Å². The molecule has 2 rings (SSSR count). The van der Waals surface area contributed by atoms with Crippen LogP contribution in [0.4, 0.5) is 0 Å². The second-order valence-electron chi connectivity index (χ2n) is 3.02. The molecule has 17 heavy (non-hydrogen) atoms. The van der Waals surface area contributed by atoms with Crippen LogP contribution >= 0.6 is 35.4 Å². The zero-order chi connectivity index (χ0) is 11.9. The van der Waals surface area contributed by atoms with Crippen molar-refractivity contribution in [3.05, 3.63) is 27.8 Å². The number of hydrogen-bond donors (Lipinski definition) is 3. The van der Waals surface area contributed by atoms with Gasteiger partial charge in [0.1, 0.15) is 0 Å². The molecule has 2 aromatic rings. The second kappa shape index (κ2) is 6.05. The van der Waals surface area contributed by atoms with Crippen molar-refractivity contribution >= 4 is 46.3 Å². The summed E-state index contributed by atoms with van der Waals surface area (Å²) in [4.78, 5) is 20.3. The van der Waals surface area contributed by atoms with Gasteiger partial charge < -0.3 is 10.9 Å². The van der Waals surface area contributed by atoms with E-state index >= 15 is 0 Å². The summed E-state index contributed by atoms with van der Waals surface area (Å²) in [6, 6.07) is 3.44. The molecule has 0 saturated heterocycles. The molecular formula is C8H7BrClKNO4P. The second-order valence-corrected chi connectivity index (χ2v) is 5.41. The van der Waals surface area contributed by atoms with Gasteiger partial charge in [0, 0.05) is 10.7 Å². The molecule has 0 aliphatic heterocycles. The number of fused-ring (bicyclic) bond motifs is 1. The Morgan fingerprint density at radius 2 is 2.12 bits per heavy atom. The van der Waals surface area contributed by atoms with Crippen LogP contribution in [-0.4, -0.2) is 14.8 Å². The molecule has 1 aromatic heterocycles. The van der Waals surface area contributed by atoms with Gasteiger partial charge in [-0.3, -0.25) is 9.79 Å². The van der Waals surface area contributed by atoms with Crippen LogP contribution in [0, 0.1) is 0 Å². The summed E-state index contributed by atoms with van der Waals surface area (Å²) in [5.74, 6) is 0.0228. The minimum Gasteiger partial charge on any atom is -1.00 e. The number of nitrogens with one attached hydrogen (secondary N) is 1. The van der Waals surface area contributed by atoms with E-state index in [1.54, 1.807) is 12.1 Å². The maximum Gasteiger partial charge on any atom is 1.00 e. The molecule has 0 radical (unpaired) electrons. The summed E-state index contributed by atoms with van der Waals surface area (Å²) < 4.78 is 15.9. The Morgan fingerprint density at radius 1 is 1.47 bits per heavy atom. The van der Waals surface area contributed by atoms with Gasteiger partial charge in [-0.05, 0) is 28.1 Å². The number of phosphoric ester groups is 1. The van der Waals surface area contributed by atoms with Crippen LogP contribution in [0.5, 0.6) is 5.75 Å². The zero-order valence-corrected chi connectivity index (χ0v) is 15.0. The number of aromatic amines is 1. The molecule has 0 unspecified atom stereocenters. The topological polar surface area (TPSA) is 82.6 Å². The molecule has 0 aliphatic carbocycles. The maximum absolute atomic E-state index is 10.7.